The third kappa shape index (κ3) is 6.48. The highest BCUT2D eigenvalue weighted by molar-refractivity contribution is 14.2. The molecule has 0 spiro atoms. The fraction of sp³-hybridized carbons (Fsp3) is 0.357. The Bertz CT molecular complexity index is 546. The van der Waals surface area contributed by atoms with Crippen LogP contribution in [0.2, 0.25) is 0 Å². The molecule has 20 heavy (non-hydrogen) atoms. The van der Waals surface area contributed by atoms with Crippen LogP contribution >= 0.6 is 30.1 Å². The fourth-order valence-electron chi connectivity index (χ4n) is 1.33. The van der Waals surface area contributed by atoms with Gasteiger partial charge in [-0.15, -0.1) is 0 Å². The molecule has 1 N–H and O–H groups in total. The number of hydrogen-bond acceptors (Lipinski definition) is 3. The zero-order chi connectivity index (χ0) is 15.2. The standard InChI is InChI=1S/C14H15FINO2S/c1-14(2,3)19-13(18)17-9-10-4-5-11(6-7-20-16)12(15)8-10/h4-5,8H,9H2,1-3H3,(H,17,18). The molecule has 0 fully saturated rings. The molecule has 0 saturated heterocycles. The van der Waals surface area contributed by atoms with Crippen molar-refractivity contribution in [1.82, 2.24) is 5.32 Å². The van der Waals surface area contributed by atoms with E-state index >= 15 is 0 Å². The zero-order valence-electron chi connectivity index (χ0n) is 11.4. The van der Waals surface area contributed by atoms with Gasteiger partial charge in [0.05, 0.1) is 5.56 Å². The van der Waals surface area contributed by atoms with E-state index in [1.807, 2.05) is 21.2 Å². The number of amides is 1. The van der Waals surface area contributed by atoms with Gasteiger partial charge < -0.3 is 10.1 Å². The molecule has 0 aromatic heterocycles. The Hall–Kier alpha value is -0.940. The maximum absolute atomic E-state index is 13.7. The van der Waals surface area contributed by atoms with Gasteiger partial charge >= 0.3 is 6.09 Å². The van der Waals surface area contributed by atoms with Crippen LogP contribution in [0.3, 0.4) is 0 Å². The third-order valence-electron chi connectivity index (χ3n) is 2.09. The van der Waals surface area contributed by atoms with E-state index in [2.05, 4.69) is 16.5 Å². The van der Waals surface area contributed by atoms with Crippen molar-refractivity contribution in [3.63, 3.8) is 0 Å². The lowest BCUT2D eigenvalue weighted by Crippen LogP contribution is -2.32. The van der Waals surface area contributed by atoms with Crippen LogP contribution in [0.15, 0.2) is 18.2 Å². The van der Waals surface area contributed by atoms with Crippen LogP contribution in [0.5, 0.6) is 0 Å². The summed E-state index contributed by atoms with van der Waals surface area (Å²) in [4.78, 5) is 11.5. The van der Waals surface area contributed by atoms with Gasteiger partial charge in [0.25, 0.3) is 0 Å². The van der Waals surface area contributed by atoms with Crippen molar-refractivity contribution in [1.29, 1.82) is 0 Å². The lowest BCUT2D eigenvalue weighted by atomic mass is 10.1. The van der Waals surface area contributed by atoms with E-state index in [-0.39, 0.29) is 6.54 Å². The molecule has 0 radical (unpaired) electrons. The van der Waals surface area contributed by atoms with Gasteiger partial charge in [-0.1, -0.05) is 12.0 Å². The van der Waals surface area contributed by atoms with Gasteiger partial charge in [-0.2, -0.15) is 0 Å². The average Bonchev–Trinajstić information content (AvgIpc) is 2.33. The SMILES string of the molecule is CC(C)(C)OC(=O)NCc1ccc(C#CSI)c(F)c1. The normalized spacial score (nSPS) is 10.4. The number of nitrogens with one attached hydrogen (secondary N) is 1. The molecule has 0 heterocycles. The van der Waals surface area contributed by atoms with Crippen LogP contribution < -0.4 is 5.32 Å². The maximum Gasteiger partial charge on any atom is 0.407 e. The van der Waals surface area contributed by atoms with E-state index in [1.165, 1.54) is 15.0 Å². The van der Waals surface area contributed by atoms with Crippen LogP contribution in [0.4, 0.5) is 9.18 Å². The Morgan fingerprint density at radius 1 is 1.50 bits per heavy atom. The van der Waals surface area contributed by atoms with Crippen LogP contribution in [-0.4, -0.2) is 11.7 Å². The lowest BCUT2D eigenvalue weighted by molar-refractivity contribution is 0.0523. The fourth-order valence-corrected chi connectivity index (χ4v) is 1.81. The molecule has 0 unspecified atom stereocenters. The number of rotatable bonds is 2. The molecule has 0 saturated carbocycles. The van der Waals surface area contributed by atoms with E-state index in [4.69, 9.17) is 4.74 Å². The van der Waals surface area contributed by atoms with Gasteiger partial charge in [0.2, 0.25) is 0 Å². The van der Waals surface area contributed by atoms with Gasteiger partial charge in [-0.3, -0.25) is 0 Å². The van der Waals surface area contributed by atoms with Crippen molar-refractivity contribution < 1.29 is 13.9 Å². The summed E-state index contributed by atoms with van der Waals surface area (Å²) < 4.78 is 18.8. The topological polar surface area (TPSA) is 38.3 Å². The van der Waals surface area contributed by atoms with Crippen LogP contribution in [0.1, 0.15) is 31.9 Å². The van der Waals surface area contributed by atoms with E-state index in [1.54, 1.807) is 32.9 Å². The Kier molecular flexibility index (Phi) is 6.62. The van der Waals surface area contributed by atoms with Crippen molar-refractivity contribution in [3.05, 3.63) is 35.1 Å². The number of carbonyl (C=O) groups is 1. The Morgan fingerprint density at radius 2 is 2.20 bits per heavy atom. The van der Waals surface area contributed by atoms with Gasteiger partial charge in [-0.25, -0.2) is 9.18 Å². The highest BCUT2D eigenvalue weighted by atomic mass is 127. The molecule has 1 aromatic carbocycles. The first-order valence-corrected chi connectivity index (χ1v) is 9.21. The molecule has 1 amide bonds. The molecule has 0 aliphatic carbocycles. The summed E-state index contributed by atoms with van der Waals surface area (Å²) in [5.74, 6) is 2.31. The Balaban J connectivity index is 2.62. The monoisotopic (exact) mass is 407 g/mol. The first kappa shape index (κ1) is 17.1. The largest absolute Gasteiger partial charge is 0.444 e. The molecular weight excluding hydrogens is 392 g/mol. The molecule has 0 bridgehead atoms. The predicted molar refractivity (Wildman–Crippen MR) is 88.0 cm³/mol. The Labute approximate surface area is 134 Å². The molecule has 6 heteroatoms. The predicted octanol–water partition coefficient (Wildman–Crippen LogP) is 4.24. The van der Waals surface area contributed by atoms with Gasteiger partial charge in [0, 0.05) is 27.8 Å². The molecule has 0 aliphatic heterocycles. The second-order valence-corrected chi connectivity index (χ2v) is 6.65. The second-order valence-electron chi connectivity index (χ2n) is 4.97. The summed E-state index contributed by atoms with van der Waals surface area (Å²) in [7, 11) is 1.30. The first-order chi connectivity index (χ1) is 9.31. The minimum atomic E-state index is -0.550. The number of carbonyl (C=O) groups excluding carboxylic acids is 1. The van der Waals surface area contributed by atoms with Gasteiger partial charge in [0.15, 0.2) is 0 Å². The summed E-state index contributed by atoms with van der Waals surface area (Å²) >= 11 is 2.02. The third-order valence-corrected chi connectivity index (χ3v) is 2.93. The van der Waals surface area contributed by atoms with Gasteiger partial charge in [-0.05, 0) is 52.7 Å². The lowest BCUT2D eigenvalue weighted by Gasteiger charge is -2.19. The highest BCUT2D eigenvalue weighted by Gasteiger charge is 2.15. The van der Waals surface area contributed by atoms with Crippen molar-refractivity contribution in [2.24, 2.45) is 0 Å². The quantitative estimate of drug-likeness (QED) is 0.589. The van der Waals surface area contributed by atoms with Crippen molar-refractivity contribution in [2.75, 3.05) is 0 Å². The number of alkyl carbamates (subject to hydrolysis) is 1. The number of halogens is 2. The number of ether oxygens (including phenoxy) is 1. The van der Waals surface area contributed by atoms with E-state index in [9.17, 15) is 9.18 Å². The van der Waals surface area contributed by atoms with Crippen molar-refractivity contribution >= 4 is 36.2 Å². The molecule has 108 valence electrons. The zero-order valence-corrected chi connectivity index (χ0v) is 14.4. The summed E-state index contributed by atoms with van der Waals surface area (Å²) in [6.07, 6.45) is -0.525. The summed E-state index contributed by atoms with van der Waals surface area (Å²) in [5.41, 5.74) is 0.447. The van der Waals surface area contributed by atoms with E-state index in [0.29, 0.717) is 11.1 Å². The second kappa shape index (κ2) is 7.74. The molecular formula is C14H15FINO2S. The first-order valence-electron chi connectivity index (χ1n) is 5.85. The van der Waals surface area contributed by atoms with Crippen LogP contribution in [0, 0.1) is 17.0 Å². The van der Waals surface area contributed by atoms with E-state index in [0.717, 1.165) is 0 Å². The molecule has 1 rings (SSSR count). The van der Waals surface area contributed by atoms with Crippen molar-refractivity contribution in [2.45, 2.75) is 32.9 Å². The Morgan fingerprint density at radius 3 is 2.75 bits per heavy atom. The minimum absolute atomic E-state index is 0.209. The highest BCUT2D eigenvalue weighted by Crippen LogP contribution is 2.12. The molecule has 3 nitrogen and oxygen atoms in total. The smallest absolute Gasteiger partial charge is 0.407 e. The summed E-state index contributed by atoms with van der Waals surface area (Å²) in [5, 5.41) is 5.30. The van der Waals surface area contributed by atoms with Crippen molar-refractivity contribution in [3.8, 4) is 11.2 Å². The minimum Gasteiger partial charge on any atom is -0.444 e. The number of benzene rings is 1. The van der Waals surface area contributed by atoms with Crippen LogP contribution in [0.25, 0.3) is 0 Å². The molecule has 1 aromatic rings. The van der Waals surface area contributed by atoms with Crippen LogP contribution in [-0.2, 0) is 11.3 Å². The molecule has 0 aliphatic rings. The maximum atomic E-state index is 13.7. The molecule has 0 atom stereocenters. The number of hydrogen-bond donors (Lipinski definition) is 1. The van der Waals surface area contributed by atoms with E-state index < -0.39 is 17.5 Å². The van der Waals surface area contributed by atoms with Gasteiger partial charge in [0.1, 0.15) is 11.4 Å². The average molecular weight is 407 g/mol. The summed E-state index contributed by atoms with van der Waals surface area (Å²) in [6.45, 7) is 5.56. The summed E-state index contributed by atoms with van der Waals surface area (Å²) in [6, 6.07) is 4.68.